The lowest BCUT2D eigenvalue weighted by Gasteiger charge is -2.33. The number of hydrogen-bond donors (Lipinski definition) is 0. The first-order chi connectivity index (χ1) is 5.81. The Hall–Kier alpha value is -0.520. The molecule has 0 heterocycles. The van der Waals surface area contributed by atoms with Crippen molar-refractivity contribution in [1.82, 2.24) is 0 Å². The maximum atomic E-state index is 2.36. The van der Waals surface area contributed by atoms with E-state index in [1.807, 2.05) is 0 Å². The largest absolute Gasteiger partial charge is 0.0811 e. The molecule has 0 unspecified atom stereocenters. The lowest BCUT2D eigenvalue weighted by atomic mass is 9.72. The van der Waals surface area contributed by atoms with Crippen LogP contribution in [0, 0.1) is 10.8 Å². The SMILES string of the molecule is CC1=CCC(C)(C)CC(C)(C)C=C1. The van der Waals surface area contributed by atoms with Gasteiger partial charge in [-0.2, -0.15) is 0 Å². The summed E-state index contributed by atoms with van der Waals surface area (Å²) < 4.78 is 0. The molecule has 13 heavy (non-hydrogen) atoms. The number of allylic oxidation sites excluding steroid dienone is 4. The molecule has 0 saturated heterocycles. The fraction of sp³-hybridized carbons (Fsp3) is 0.692. The van der Waals surface area contributed by atoms with Crippen LogP contribution < -0.4 is 0 Å². The van der Waals surface area contributed by atoms with E-state index in [1.54, 1.807) is 0 Å². The zero-order valence-electron chi connectivity index (χ0n) is 9.65. The van der Waals surface area contributed by atoms with Gasteiger partial charge in [0.15, 0.2) is 0 Å². The Morgan fingerprint density at radius 3 is 2.38 bits per heavy atom. The van der Waals surface area contributed by atoms with Gasteiger partial charge in [0.2, 0.25) is 0 Å². The minimum absolute atomic E-state index is 0.346. The summed E-state index contributed by atoms with van der Waals surface area (Å²) in [6.07, 6.45) is 9.42. The molecular weight excluding hydrogens is 156 g/mol. The lowest BCUT2D eigenvalue weighted by molar-refractivity contribution is 0.238. The van der Waals surface area contributed by atoms with Crippen LogP contribution in [0.25, 0.3) is 0 Å². The molecule has 0 aromatic rings. The molecule has 0 atom stereocenters. The second-order valence-electron chi connectivity index (χ2n) is 5.82. The maximum absolute atomic E-state index is 2.36. The molecule has 0 spiro atoms. The Morgan fingerprint density at radius 2 is 1.77 bits per heavy atom. The van der Waals surface area contributed by atoms with Crippen LogP contribution in [-0.4, -0.2) is 0 Å². The average molecular weight is 178 g/mol. The molecule has 1 rings (SSSR count). The fourth-order valence-corrected chi connectivity index (χ4v) is 2.23. The Labute approximate surface area is 82.7 Å². The summed E-state index contributed by atoms with van der Waals surface area (Å²) in [7, 11) is 0. The minimum atomic E-state index is 0.346. The Bertz CT molecular complexity index is 239. The Kier molecular flexibility index (Phi) is 2.70. The summed E-state index contributed by atoms with van der Waals surface area (Å²) in [5.74, 6) is 0. The van der Waals surface area contributed by atoms with Gasteiger partial charge >= 0.3 is 0 Å². The second kappa shape index (κ2) is 3.32. The van der Waals surface area contributed by atoms with Crippen LogP contribution in [-0.2, 0) is 0 Å². The van der Waals surface area contributed by atoms with Gasteiger partial charge in [0.1, 0.15) is 0 Å². The van der Waals surface area contributed by atoms with E-state index in [-0.39, 0.29) is 0 Å². The quantitative estimate of drug-likeness (QED) is 0.518. The highest BCUT2D eigenvalue weighted by molar-refractivity contribution is 5.20. The molecular formula is C13H22. The van der Waals surface area contributed by atoms with E-state index in [1.165, 1.54) is 18.4 Å². The molecule has 0 aliphatic heterocycles. The van der Waals surface area contributed by atoms with Crippen molar-refractivity contribution in [2.24, 2.45) is 10.8 Å². The average Bonchev–Trinajstić information content (AvgIpc) is 1.94. The van der Waals surface area contributed by atoms with Gasteiger partial charge in [-0.15, -0.1) is 0 Å². The van der Waals surface area contributed by atoms with Crippen molar-refractivity contribution < 1.29 is 0 Å². The lowest BCUT2D eigenvalue weighted by Crippen LogP contribution is -2.22. The molecule has 1 aliphatic rings. The summed E-state index contributed by atoms with van der Waals surface area (Å²) in [6, 6.07) is 0. The molecule has 0 aromatic heterocycles. The van der Waals surface area contributed by atoms with Gasteiger partial charge < -0.3 is 0 Å². The zero-order valence-corrected chi connectivity index (χ0v) is 9.65. The molecule has 0 amide bonds. The molecule has 0 fully saturated rings. The van der Waals surface area contributed by atoms with E-state index in [0.717, 1.165) is 0 Å². The van der Waals surface area contributed by atoms with E-state index >= 15 is 0 Å². The van der Waals surface area contributed by atoms with Gasteiger partial charge in [0.05, 0.1) is 0 Å². The molecule has 0 saturated carbocycles. The normalized spacial score (nSPS) is 26.1. The number of rotatable bonds is 0. The predicted octanol–water partition coefficient (Wildman–Crippen LogP) is 4.34. The summed E-state index contributed by atoms with van der Waals surface area (Å²) in [5.41, 5.74) is 2.19. The third-order valence-electron chi connectivity index (χ3n) is 2.71. The maximum Gasteiger partial charge on any atom is -0.0166 e. The van der Waals surface area contributed by atoms with Gasteiger partial charge in [-0.05, 0) is 30.6 Å². The predicted molar refractivity (Wildman–Crippen MR) is 59.7 cm³/mol. The van der Waals surface area contributed by atoms with Crippen LogP contribution in [0.2, 0.25) is 0 Å². The summed E-state index contributed by atoms with van der Waals surface area (Å²) >= 11 is 0. The van der Waals surface area contributed by atoms with Crippen molar-refractivity contribution in [2.75, 3.05) is 0 Å². The highest BCUT2D eigenvalue weighted by atomic mass is 14.3. The second-order valence-corrected chi connectivity index (χ2v) is 5.82. The Balaban J connectivity index is 2.92. The van der Waals surface area contributed by atoms with Crippen LogP contribution >= 0.6 is 0 Å². The van der Waals surface area contributed by atoms with Crippen LogP contribution in [0.5, 0.6) is 0 Å². The standard InChI is InChI=1S/C13H22/c1-11-6-8-12(2,3)10-13(4,5)9-7-11/h6-8H,9-10H2,1-5H3. The first kappa shape index (κ1) is 10.6. The van der Waals surface area contributed by atoms with Gasteiger partial charge in [-0.1, -0.05) is 51.5 Å². The van der Waals surface area contributed by atoms with Crippen molar-refractivity contribution in [3.8, 4) is 0 Å². The molecule has 0 heteroatoms. The van der Waals surface area contributed by atoms with Crippen LogP contribution in [0.1, 0.15) is 47.5 Å². The van der Waals surface area contributed by atoms with E-state index < -0.39 is 0 Å². The summed E-state index contributed by atoms with van der Waals surface area (Å²) in [4.78, 5) is 0. The molecule has 0 bridgehead atoms. The smallest absolute Gasteiger partial charge is 0.0166 e. The molecule has 1 aliphatic carbocycles. The monoisotopic (exact) mass is 178 g/mol. The van der Waals surface area contributed by atoms with Crippen molar-refractivity contribution in [1.29, 1.82) is 0 Å². The summed E-state index contributed by atoms with van der Waals surface area (Å²) in [6.45, 7) is 11.6. The van der Waals surface area contributed by atoms with Crippen molar-refractivity contribution >= 4 is 0 Å². The van der Waals surface area contributed by atoms with E-state index in [4.69, 9.17) is 0 Å². The highest BCUT2D eigenvalue weighted by Crippen LogP contribution is 2.39. The molecule has 0 N–H and O–H groups in total. The first-order valence-corrected chi connectivity index (χ1v) is 5.17. The van der Waals surface area contributed by atoms with Crippen molar-refractivity contribution in [2.45, 2.75) is 47.5 Å². The molecule has 0 aromatic carbocycles. The van der Waals surface area contributed by atoms with E-state index in [9.17, 15) is 0 Å². The zero-order chi connectivity index (χ0) is 10.1. The van der Waals surface area contributed by atoms with Gasteiger partial charge in [-0.3, -0.25) is 0 Å². The molecule has 0 nitrogen and oxygen atoms in total. The third-order valence-corrected chi connectivity index (χ3v) is 2.71. The molecule has 0 radical (unpaired) electrons. The van der Waals surface area contributed by atoms with Crippen LogP contribution in [0.3, 0.4) is 0 Å². The van der Waals surface area contributed by atoms with E-state index in [0.29, 0.717) is 10.8 Å². The van der Waals surface area contributed by atoms with Crippen molar-refractivity contribution in [3.05, 3.63) is 23.8 Å². The molecule has 74 valence electrons. The van der Waals surface area contributed by atoms with Crippen molar-refractivity contribution in [3.63, 3.8) is 0 Å². The van der Waals surface area contributed by atoms with Gasteiger partial charge in [-0.25, -0.2) is 0 Å². The highest BCUT2D eigenvalue weighted by Gasteiger charge is 2.26. The minimum Gasteiger partial charge on any atom is -0.0811 e. The van der Waals surface area contributed by atoms with E-state index in [2.05, 4.69) is 52.8 Å². The van der Waals surface area contributed by atoms with Crippen LogP contribution in [0.15, 0.2) is 23.8 Å². The topological polar surface area (TPSA) is 0 Å². The Morgan fingerprint density at radius 1 is 1.15 bits per heavy atom. The third kappa shape index (κ3) is 3.38. The van der Waals surface area contributed by atoms with Gasteiger partial charge in [0.25, 0.3) is 0 Å². The fourth-order valence-electron chi connectivity index (χ4n) is 2.23. The summed E-state index contributed by atoms with van der Waals surface area (Å²) in [5, 5.41) is 0. The first-order valence-electron chi connectivity index (χ1n) is 5.17. The van der Waals surface area contributed by atoms with Crippen LogP contribution in [0.4, 0.5) is 0 Å². The van der Waals surface area contributed by atoms with Gasteiger partial charge in [0, 0.05) is 0 Å². The number of hydrogen-bond acceptors (Lipinski definition) is 0.